The van der Waals surface area contributed by atoms with Crippen molar-refractivity contribution in [2.45, 2.75) is 123 Å². The molecule has 0 radical (unpaired) electrons. The second-order valence-electron chi connectivity index (χ2n) is 15.0. The maximum Gasteiger partial charge on any atom is 0.251 e. The molecule has 1 aliphatic heterocycles. The van der Waals surface area contributed by atoms with Gasteiger partial charge in [0.25, 0.3) is 5.91 Å². The standard InChI is InChI=1S/C39H59N5O2/c1-27-34(22-31(23-36(27)44(6)33-16-12-13-17-33)30-18-19-32(40-24-30)26-43(4)5)37(45)41-25-35-28(2)39(29(3)42-38(35)46)20-14-10-8-7-9-11-15-21-39/h18-19,22-24,28-29,33,35H,7-17,20-21,25-26H2,1-6H3,(H,41,45)(H,42,46). The second kappa shape index (κ2) is 15.3. The monoisotopic (exact) mass is 629 g/mol. The first kappa shape index (κ1) is 34.4. The number of pyridine rings is 1. The quantitative estimate of drug-likeness (QED) is 0.316. The van der Waals surface area contributed by atoms with Crippen molar-refractivity contribution < 1.29 is 9.59 Å². The van der Waals surface area contributed by atoms with Gasteiger partial charge in [-0.3, -0.25) is 14.6 Å². The van der Waals surface area contributed by atoms with Crippen LogP contribution < -0.4 is 15.5 Å². The molecule has 46 heavy (non-hydrogen) atoms. The van der Waals surface area contributed by atoms with Gasteiger partial charge in [-0.2, -0.15) is 0 Å². The molecule has 2 aromatic rings. The fraction of sp³-hybridized carbons (Fsp3) is 0.667. The molecule has 3 atom stereocenters. The van der Waals surface area contributed by atoms with Gasteiger partial charge in [0, 0.05) is 55.2 Å². The van der Waals surface area contributed by atoms with Crippen molar-refractivity contribution in [3.8, 4) is 11.1 Å². The Morgan fingerprint density at radius 3 is 2.20 bits per heavy atom. The van der Waals surface area contributed by atoms with E-state index in [0.717, 1.165) is 47.5 Å². The number of amides is 2. The van der Waals surface area contributed by atoms with Gasteiger partial charge in [0.1, 0.15) is 0 Å². The van der Waals surface area contributed by atoms with E-state index in [1.807, 2.05) is 26.4 Å². The highest BCUT2D eigenvalue weighted by atomic mass is 16.2. The van der Waals surface area contributed by atoms with E-state index in [4.69, 9.17) is 4.98 Å². The zero-order chi connectivity index (χ0) is 32.8. The topological polar surface area (TPSA) is 77.6 Å². The fourth-order valence-electron chi connectivity index (χ4n) is 8.83. The number of benzene rings is 1. The van der Waals surface area contributed by atoms with Gasteiger partial charge in [0.2, 0.25) is 5.91 Å². The molecule has 7 nitrogen and oxygen atoms in total. The maximum atomic E-state index is 14.1. The Kier molecular flexibility index (Phi) is 11.5. The Morgan fingerprint density at radius 2 is 1.59 bits per heavy atom. The molecular weight excluding hydrogens is 570 g/mol. The van der Waals surface area contributed by atoms with Gasteiger partial charge >= 0.3 is 0 Å². The van der Waals surface area contributed by atoms with E-state index in [9.17, 15) is 9.59 Å². The summed E-state index contributed by atoms with van der Waals surface area (Å²) < 4.78 is 0. The van der Waals surface area contributed by atoms with E-state index in [0.29, 0.717) is 18.2 Å². The normalized spacial score (nSPS) is 24.2. The number of aromatic nitrogens is 1. The lowest BCUT2D eigenvalue weighted by atomic mass is 9.58. The molecule has 1 spiro atoms. The Bertz CT molecular complexity index is 1320. The summed E-state index contributed by atoms with van der Waals surface area (Å²) in [7, 11) is 6.27. The highest BCUT2D eigenvalue weighted by Crippen LogP contribution is 2.48. The summed E-state index contributed by atoms with van der Waals surface area (Å²) in [6.07, 6.45) is 18.1. The van der Waals surface area contributed by atoms with Crippen molar-refractivity contribution in [1.29, 1.82) is 0 Å². The Morgan fingerprint density at radius 1 is 0.935 bits per heavy atom. The predicted molar refractivity (Wildman–Crippen MR) is 189 cm³/mol. The number of hydrogen-bond donors (Lipinski definition) is 2. The van der Waals surface area contributed by atoms with Gasteiger partial charge < -0.3 is 20.4 Å². The predicted octanol–water partition coefficient (Wildman–Crippen LogP) is 7.51. The zero-order valence-corrected chi connectivity index (χ0v) is 29.5. The van der Waals surface area contributed by atoms with Crippen LogP contribution in [-0.2, 0) is 11.3 Å². The third-order valence-electron chi connectivity index (χ3n) is 11.8. The lowest BCUT2D eigenvalue weighted by molar-refractivity contribution is -0.137. The summed E-state index contributed by atoms with van der Waals surface area (Å²) >= 11 is 0. The second-order valence-corrected chi connectivity index (χ2v) is 15.0. The minimum Gasteiger partial charge on any atom is -0.371 e. The number of rotatable bonds is 8. The number of nitrogens with zero attached hydrogens (tertiary/aromatic N) is 3. The van der Waals surface area contributed by atoms with Crippen LogP contribution in [0.2, 0.25) is 0 Å². The third kappa shape index (κ3) is 7.61. The summed E-state index contributed by atoms with van der Waals surface area (Å²) in [4.78, 5) is 36.8. The Hall–Kier alpha value is -2.93. The van der Waals surface area contributed by atoms with E-state index in [1.54, 1.807) is 0 Å². The summed E-state index contributed by atoms with van der Waals surface area (Å²) in [5.41, 5.74) is 5.88. The molecule has 2 saturated carbocycles. The van der Waals surface area contributed by atoms with Crippen molar-refractivity contribution in [2.24, 2.45) is 17.3 Å². The Balaban J connectivity index is 1.40. The molecule has 3 unspecified atom stereocenters. The molecule has 0 bridgehead atoms. The van der Waals surface area contributed by atoms with E-state index in [-0.39, 0.29) is 35.1 Å². The molecule has 2 heterocycles. The molecule has 1 aromatic heterocycles. The number of nitrogens with one attached hydrogen (secondary N) is 2. The molecule has 2 amide bonds. The van der Waals surface area contributed by atoms with Gasteiger partial charge in [0.15, 0.2) is 0 Å². The minimum atomic E-state index is -0.236. The lowest BCUT2D eigenvalue weighted by Crippen LogP contribution is -2.61. The van der Waals surface area contributed by atoms with Crippen molar-refractivity contribution in [3.05, 3.63) is 47.3 Å². The molecule has 1 aromatic carbocycles. The Labute approximate surface area is 278 Å². The summed E-state index contributed by atoms with van der Waals surface area (Å²) in [6.45, 7) is 7.72. The van der Waals surface area contributed by atoms with Gasteiger partial charge in [-0.15, -0.1) is 0 Å². The molecule has 252 valence electrons. The van der Waals surface area contributed by atoms with Crippen LogP contribution >= 0.6 is 0 Å². The molecule has 1 saturated heterocycles. The van der Waals surface area contributed by atoms with Crippen LogP contribution in [0.1, 0.15) is 119 Å². The van der Waals surface area contributed by atoms with Crippen molar-refractivity contribution in [3.63, 3.8) is 0 Å². The van der Waals surface area contributed by atoms with Crippen LogP contribution in [0.15, 0.2) is 30.5 Å². The SMILES string of the molecule is Cc1c(C(=O)NCC2C(=O)NC(C)C3(CCCCCCCCC3)C2C)cc(-c2ccc(CN(C)C)nc2)cc1N(C)C1CCCC1. The summed E-state index contributed by atoms with van der Waals surface area (Å²) in [5, 5.41) is 6.64. The molecule has 3 aliphatic rings. The zero-order valence-electron chi connectivity index (χ0n) is 29.5. The van der Waals surface area contributed by atoms with Crippen LogP contribution in [-0.4, -0.2) is 61.5 Å². The molecule has 7 heteroatoms. The maximum absolute atomic E-state index is 14.1. The van der Waals surface area contributed by atoms with Gasteiger partial charge in [-0.25, -0.2) is 0 Å². The highest BCUT2D eigenvalue weighted by molar-refractivity contribution is 5.99. The first-order valence-electron chi connectivity index (χ1n) is 18.2. The van der Waals surface area contributed by atoms with Gasteiger partial charge in [-0.05, 0) is 94.3 Å². The molecule has 3 fully saturated rings. The molecule has 5 rings (SSSR count). The van der Waals surface area contributed by atoms with Crippen LogP contribution in [0.3, 0.4) is 0 Å². The number of carbonyl (C=O) groups excluding carboxylic acids is 2. The van der Waals surface area contributed by atoms with E-state index in [2.05, 4.69) is 66.5 Å². The first-order valence-corrected chi connectivity index (χ1v) is 18.2. The van der Waals surface area contributed by atoms with Crippen LogP contribution in [0.4, 0.5) is 5.69 Å². The van der Waals surface area contributed by atoms with Crippen LogP contribution in [0, 0.1) is 24.2 Å². The summed E-state index contributed by atoms with van der Waals surface area (Å²) in [5.74, 6) is -0.0462. The van der Waals surface area contributed by atoms with Crippen LogP contribution in [0.25, 0.3) is 11.1 Å². The average Bonchev–Trinajstić information content (AvgIpc) is 3.58. The van der Waals surface area contributed by atoms with E-state index >= 15 is 0 Å². The van der Waals surface area contributed by atoms with Gasteiger partial charge in [-0.1, -0.05) is 70.8 Å². The third-order valence-corrected chi connectivity index (χ3v) is 11.8. The largest absolute Gasteiger partial charge is 0.371 e. The van der Waals surface area contributed by atoms with Crippen molar-refractivity contribution >= 4 is 17.5 Å². The van der Waals surface area contributed by atoms with Crippen molar-refractivity contribution in [2.75, 3.05) is 32.6 Å². The highest BCUT2D eigenvalue weighted by Gasteiger charge is 2.50. The first-order chi connectivity index (χ1) is 22.1. The molecular formula is C39H59N5O2. The lowest BCUT2D eigenvalue weighted by Gasteiger charge is -2.51. The number of carbonyl (C=O) groups is 2. The number of anilines is 1. The smallest absolute Gasteiger partial charge is 0.251 e. The van der Waals surface area contributed by atoms with E-state index < -0.39 is 0 Å². The van der Waals surface area contributed by atoms with E-state index in [1.165, 1.54) is 70.6 Å². The summed E-state index contributed by atoms with van der Waals surface area (Å²) in [6, 6.07) is 9.09. The number of piperidine rings is 1. The number of hydrogen-bond acceptors (Lipinski definition) is 5. The van der Waals surface area contributed by atoms with Crippen LogP contribution in [0.5, 0.6) is 0 Å². The fourth-order valence-corrected chi connectivity index (χ4v) is 8.83. The van der Waals surface area contributed by atoms with Crippen molar-refractivity contribution in [1.82, 2.24) is 20.5 Å². The van der Waals surface area contributed by atoms with Gasteiger partial charge in [0.05, 0.1) is 11.6 Å². The molecule has 2 aliphatic carbocycles. The average molecular weight is 630 g/mol. The minimum absolute atomic E-state index is 0.0824. The molecule has 2 N–H and O–H groups in total.